The molecule has 1 aromatic carbocycles. The van der Waals surface area contributed by atoms with Gasteiger partial charge in [-0.15, -0.1) is 0 Å². The fraction of sp³-hybridized carbons (Fsp3) is 0.533. The van der Waals surface area contributed by atoms with E-state index in [1.54, 1.807) is 13.0 Å². The molecule has 0 unspecified atom stereocenters. The van der Waals surface area contributed by atoms with Gasteiger partial charge in [0, 0.05) is 17.7 Å². The van der Waals surface area contributed by atoms with Gasteiger partial charge in [0.25, 0.3) is 0 Å². The van der Waals surface area contributed by atoms with Crippen LogP contribution in [0.4, 0.5) is 0 Å². The van der Waals surface area contributed by atoms with Crippen molar-refractivity contribution in [3.63, 3.8) is 0 Å². The third kappa shape index (κ3) is 3.82. The lowest BCUT2D eigenvalue weighted by molar-refractivity contribution is 0.0972. The monoisotopic (exact) mass is 296 g/mol. The molecule has 0 spiro atoms. The van der Waals surface area contributed by atoms with Crippen molar-refractivity contribution in [3.05, 3.63) is 29.3 Å². The van der Waals surface area contributed by atoms with E-state index in [9.17, 15) is 13.2 Å². The minimum absolute atomic E-state index is 0.146. The second-order valence-electron chi connectivity index (χ2n) is 5.03. The number of hydrogen-bond donors (Lipinski definition) is 0. The number of carbonyl (C=O) groups is 1. The van der Waals surface area contributed by atoms with E-state index in [1.165, 1.54) is 0 Å². The van der Waals surface area contributed by atoms with Crippen LogP contribution in [0, 0.1) is 0 Å². The summed E-state index contributed by atoms with van der Waals surface area (Å²) in [5, 5.41) is 0. The van der Waals surface area contributed by atoms with E-state index in [4.69, 9.17) is 4.74 Å². The Morgan fingerprint density at radius 3 is 2.80 bits per heavy atom. The Hall–Kier alpha value is -1.36. The summed E-state index contributed by atoms with van der Waals surface area (Å²) in [4.78, 5) is 11.8. The summed E-state index contributed by atoms with van der Waals surface area (Å²) >= 11 is 0. The summed E-state index contributed by atoms with van der Waals surface area (Å²) < 4.78 is 28.2. The van der Waals surface area contributed by atoms with Crippen LogP contribution in [0.5, 0.6) is 5.75 Å². The molecule has 0 aliphatic heterocycles. The topological polar surface area (TPSA) is 60.4 Å². The number of Topliss-reactive ketones (excluding diaryl/α,β-unsaturated/α-hetero) is 1. The van der Waals surface area contributed by atoms with Gasteiger partial charge in [-0.3, -0.25) is 4.79 Å². The van der Waals surface area contributed by atoms with Crippen molar-refractivity contribution in [2.75, 3.05) is 18.1 Å². The average Bonchev–Trinajstić information content (AvgIpc) is 2.44. The van der Waals surface area contributed by atoms with Crippen molar-refractivity contribution in [1.29, 1.82) is 0 Å². The Bertz CT molecular complexity index is 590. The smallest absolute Gasteiger partial charge is 0.163 e. The lowest BCUT2D eigenvalue weighted by Gasteiger charge is -2.15. The van der Waals surface area contributed by atoms with Gasteiger partial charge in [0.15, 0.2) is 5.78 Å². The molecule has 0 bridgehead atoms. The van der Waals surface area contributed by atoms with Crippen LogP contribution in [0.2, 0.25) is 0 Å². The predicted octanol–water partition coefficient (Wildman–Crippen LogP) is 2.41. The van der Waals surface area contributed by atoms with Gasteiger partial charge in [-0.2, -0.15) is 0 Å². The van der Waals surface area contributed by atoms with Crippen molar-refractivity contribution in [1.82, 2.24) is 0 Å². The van der Waals surface area contributed by atoms with Crippen molar-refractivity contribution < 1.29 is 17.9 Å². The van der Waals surface area contributed by atoms with Crippen LogP contribution in [0.3, 0.4) is 0 Å². The van der Waals surface area contributed by atoms with Crippen molar-refractivity contribution in [2.45, 2.75) is 32.6 Å². The molecule has 0 aromatic heterocycles. The van der Waals surface area contributed by atoms with Crippen LogP contribution in [0.15, 0.2) is 18.2 Å². The molecule has 0 saturated carbocycles. The van der Waals surface area contributed by atoms with Gasteiger partial charge in [-0.05, 0) is 37.0 Å². The van der Waals surface area contributed by atoms with Crippen LogP contribution in [0.25, 0.3) is 0 Å². The van der Waals surface area contributed by atoms with Crippen LogP contribution < -0.4 is 4.74 Å². The number of aryl methyl sites for hydroxylation is 1. The quantitative estimate of drug-likeness (QED) is 0.756. The molecule has 0 saturated heterocycles. The van der Waals surface area contributed by atoms with Crippen molar-refractivity contribution in [3.8, 4) is 5.75 Å². The summed E-state index contributed by atoms with van der Waals surface area (Å²) in [5.74, 6) is 1.13. The number of benzene rings is 1. The normalized spacial score (nSPS) is 14.9. The largest absolute Gasteiger partial charge is 0.494 e. The van der Waals surface area contributed by atoms with Gasteiger partial charge in [-0.25, -0.2) is 8.42 Å². The lowest BCUT2D eigenvalue weighted by Crippen LogP contribution is -2.13. The molecule has 1 aliphatic carbocycles. The number of ketones is 1. The Kier molecular flexibility index (Phi) is 4.81. The molecule has 0 radical (unpaired) electrons. The molecule has 1 aromatic rings. The SMILES string of the molecule is CCS(=O)(=O)CCCOc1ccc2c(c1)C(=O)CCC2. The highest BCUT2D eigenvalue weighted by molar-refractivity contribution is 7.91. The van der Waals surface area contributed by atoms with E-state index in [0.717, 1.165) is 24.0 Å². The third-order valence-electron chi connectivity index (χ3n) is 3.54. The van der Waals surface area contributed by atoms with Crippen LogP contribution in [0.1, 0.15) is 42.1 Å². The molecule has 5 heteroatoms. The fourth-order valence-electron chi connectivity index (χ4n) is 2.31. The standard InChI is InChI=1S/C15H20O4S/c1-2-20(17,18)10-4-9-19-13-8-7-12-5-3-6-15(16)14(12)11-13/h7-8,11H,2-6,9-10H2,1H3. The van der Waals surface area contributed by atoms with E-state index in [-0.39, 0.29) is 17.3 Å². The molecule has 20 heavy (non-hydrogen) atoms. The van der Waals surface area contributed by atoms with Gasteiger partial charge in [-0.1, -0.05) is 13.0 Å². The molecule has 1 aliphatic rings. The minimum Gasteiger partial charge on any atom is -0.494 e. The van der Waals surface area contributed by atoms with Crippen LogP contribution in [-0.2, 0) is 16.3 Å². The molecule has 0 amide bonds. The highest BCUT2D eigenvalue weighted by Gasteiger charge is 2.17. The zero-order valence-electron chi connectivity index (χ0n) is 11.7. The van der Waals surface area contributed by atoms with E-state index < -0.39 is 9.84 Å². The third-order valence-corrected chi connectivity index (χ3v) is 5.33. The molecular weight excluding hydrogens is 276 g/mol. The molecule has 0 atom stereocenters. The van der Waals surface area contributed by atoms with Crippen molar-refractivity contribution >= 4 is 15.6 Å². The number of hydrogen-bond acceptors (Lipinski definition) is 4. The highest BCUT2D eigenvalue weighted by Crippen LogP contribution is 2.25. The highest BCUT2D eigenvalue weighted by atomic mass is 32.2. The van der Waals surface area contributed by atoms with Gasteiger partial charge in [0.2, 0.25) is 0 Å². The molecule has 0 fully saturated rings. The number of rotatable bonds is 6. The zero-order chi connectivity index (χ0) is 14.6. The maximum Gasteiger partial charge on any atom is 0.163 e. The number of fused-ring (bicyclic) bond motifs is 1. The first kappa shape index (κ1) is 15.0. The van der Waals surface area contributed by atoms with E-state index in [1.807, 2.05) is 12.1 Å². The Labute approximate surface area is 120 Å². The van der Waals surface area contributed by atoms with E-state index in [0.29, 0.717) is 25.2 Å². The first-order chi connectivity index (χ1) is 9.52. The Morgan fingerprint density at radius 2 is 2.05 bits per heavy atom. The molecule has 0 heterocycles. The zero-order valence-corrected chi connectivity index (χ0v) is 12.5. The number of ether oxygens (including phenoxy) is 1. The summed E-state index contributed by atoms with van der Waals surface area (Å²) in [5.41, 5.74) is 1.84. The molecule has 110 valence electrons. The van der Waals surface area contributed by atoms with Crippen LogP contribution >= 0.6 is 0 Å². The first-order valence-electron chi connectivity index (χ1n) is 7.01. The Balaban J connectivity index is 1.91. The molecular formula is C15H20O4S. The number of carbonyl (C=O) groups excluding carboxylic acids is 1. The molecule has 0 N–H and O–H groups in total. The second-order valence-corrected chi connectivity index (χ2v) is 7.51. The fourth-order valence-corrected chi connectivity index (χ4v) is 3.16. The van der Waals surface area contributed by atoms with Gasteiger partial charge in [0.05, 0.1) is 12.4 Å². The van der Waals surface area contributed by atoms with E-state index in [2.05, 4.69) is 0 Å². The summed E-state index contributed by atoms with van der Waals surface area (Å²) in [6.45, 7) is 2.00. The Morgan fingerprint density at radius 1 is 1.25 bits per heavy atom. The van der Waals surface area contributed by atoms with Crippen LogP contribution in [-0.4, -0.2) is 32.3 Å². The predicted molar refractivity (Wildman–Crippen MR) is 78.2 cm³/mol. The van der Waals surface area contributed by atoms with E-state index >= 15 is 0 Å². The minimum atomic E-state index is -2.93. The maximum atomic E-state index is 11.8. The maximum absolute atomic E-state index is 11.8. The van der Waals surface area contributed by atoms with Crippen molar-refractivity contribution in [2.24, 2.45) is 0 Å². The summed E-state index contributed by atoms with van der Waals surface area (Å²) in [7, 11) is -2.93. The van der Waals surface area contributed by atoms with Gasteiger partial charge in [0.1, 0.15) is 15.6 Å². The molecule has 4 nitrogen and oxygen atoms in total. The average molecular weight is 296 g/mol. The number of sulfone groups is 1. The lowest BCUT2D eigenvalue weighted by atomic mass is 9.90. The summed E-state index contributed by atoms with van der Waals surface area (Å²) in [6.07, 6.45) is 2.93. The second kappa shape index (κ2) is 6.39. The van der Waals surface area contributed by atoms with Gasteiger partial charge < -0.3 is 4.74 Å². The molecule has 2 rings (SSSR count). The summed E-state index contributed by atoms with van der Waals surface area (Å²) in [6, 6.07) is 5.57. The van der Waals surface area contributed by atoms with Gasteiger partial charge >= 0.3 is 0 Å². The first-order valence-corrected chi connectivity index (χ1v) is 8.83.